The minimum Gasteiger partial charge on any atom is -0.465 e. The van der Waals surface area contributed by atoms with Crippen molar-refractivity contribution < 1.29 is 9.53 Å². The number of ether oxygens (including phenoxy) is 1. The highest BCUT2D eigenvalue weighted by Crippen LogP contribution is 2.28. The van der Waals surface area contributed by atoms with E-state index in [1.165, 1.54) is 18.2 Å². The molecule has 3 heteroatoms. The van der Waals surface area contributed by atoms with Gasteiger partial charge >= 0.3 is 5.97 Å². The van der Waals surface area contributed by atoms with E-state index < -0.39 is 0 Å². The molecule has 0 atom stereocenters. The molecule has 0 amide bonds. The van der Waals surface area contributed by atoms with Crippen LogP contribution < -0.4 is 0 Å². The molecule has 1 aromatic carbocycles. The molecule has 0 unspecified atom stereocenters. The van der Waals surface area contributed by atoms with Crippen LogP contribution in [-0.4, -0.2) is 13.1 Å². The molecule has 16 heavy (non-hydrogen) atoms. The minimum atomic E-state index is -0.286. The summed E-state index contributed by atoms with van der Waals surface area (Å²) in [5, 5.41) is 0.793. The van der Waals surface area contributed by atoms with Gasteiger partial charge in [0.2, 0.25) is 0 Å². The molecule has 0 spiro atoms. The summed E-state index contributed by atoms with van der Waals surface area (Å²) in [5.41, 5.74) is 3.01. The van der Waals surface area contributed by atoms with Crippen LogP contribution in [-0.2, 0) is 15.5 Å². The first kappa shape index (κ1) is 13.2. The SMILES string of the molecule is COC(=O)c1ccc(CBr)c(C(C)(C)C)c1. The molecule has 0 saturated heterocycles. The third-order valence-electron chi connectivity index (χ3n) is 2.48. The van der Waals surface area contributed by atoms with E-state index in [-0.39, 0.29) is 11.4 Å². The number of carbonyl (C=O) groups excluding carboxylic acids is 1. The van der Waals surface area contributed by atoms with E-state index in [9.17, 15) is 4.79 Å². The van der Waals surface area contributed by atoms with Crippen LogP contribution in [0.2, 0.25) is 0 Å². The van der Waals surface area contributed by atoms with Crippen molar-refractivity contribution in [2.75, 3.05) is 7.11 Å². The molecule has 0 aliphatic rings. The highest BCUT2D eigenvalue weighted by molar-refractivity contribution is 9.08. The molecule has 0 aromatic heterocycles. The molecule has 1 rings (SSSR count). The Morgan fingerprint density at radius 1 is 1.38 bits per heavy atom. The van der Waals surface area contributed by atoms with Crippen LogP contribution >= 0.6 is 15.9 Å². The van der Waals surface area contributed by atoms with Gasteiger partial charge in [-0.1, -0.05) is 42.8 Å². The minimum absolute atomic E-state index is 0.0210. The highest BCUT2D eigenvalue weighted by Gasteiger charge is 2.19. The number of hydrogen-bond acceptors (Lipinski definition) is 2. The van der Waals surface area contributed by atoms with Gasteiger partial charge in [-0.15, -0.1) is 0 Å². The summed E-state index contributed by atoms with van der Waals surface area (Å²) < 4.78 is 4.73. The molecule has 0 N–H and O–H groups in total. The summed E-state index contributed by atoms with van der Waals surface area (Å²) in [6.07, 6.45) is 0. The molecule has 0 bridgehead atoms. The molecule has 0 saturated carbocycles. The van der Waals surface area contributed by atoms with Crippen LogP contribution in [0.15, 0.2) is 18.2 Å². The number of hydrogen-bond donors (Lipinski definition) is 0. The van der Waals surface area contributed by atoms with Gasteiger partial charge in [0.1, 0.15) is 0 Å². The molecule has 0 fully saturated rings. The first-order valence-corrected chi connectivity index (χ1v) is 6.30. The molecule has 0 heterocycles. The van der Waals surface area contributed by atoms with Crippen LogP contribution in [0.3, 0.4) is 0 Å². The molecular formula is C13H17BrO2. The van der Waals surface area contributed by atoms with E-state index in [1.54, 1.807) is 6.07 Å². The van der Waals surface area contributed by atoms with E-state index in [2.05, 4.69) is 36.7 Å². The van der Waals surface area contributed by atoms with Gasteiger partial charge in [0.05, 0.1) is 12.7 Å². The smallest absolute Gasteiger partial charge is 0.337 e. The topological polar surface area (TPSA) is 26.3 Å². The van der Waals surface area contributed by atoms with Crippen molar-refractivity contribution in [3.63, 3.8) is 0 Å². The van der Waals surface area contributed by atoms with E-state index in [0.717, 1.165) is 5.33 Å². The van der Waals surface area contributed by atoms with Crippen molar-refractivity contribution in [1.82, 2.24) is 0 Å². The van der Waals surface area contributed by atoms with E-state index >= 15 is 0 Å². The van der Waals surface area contributed by atoms with Gasteiger partial charge in [-0.2, -0.15) is 0 Å². The maximum absolute atomic E-state index is 11.5. The van der Waals surface area contributed by atoms with Crippen molar-refractivity contribution in [3.05, 3.63) is 34.9 Å². The average molecular weight is 285 g/mol. The van der Waals surface area contributed by atoms with Crippen molar-refractivity contribution in [1.29, 1.82) is 0 Å². The molecule has 1 aromatic rings. The molecule has 0 aliphatic heterocycles. The Hall–Kier alpha value is -0.830. The Morgan fingerprint density at radius 3 is 2.44 bits per heavy atom. The second-order valence-corrected chi connectivity index (χ2v) is 5.31. The summed E-state index contributed by atoms with van der Waals surface area (Å²) in [4.78, 5) is 11.5. The van der Waals surface area contributed by atoms with Gasteiger partial charge in [0.15, 0.2) is 0 Å². The largest absolute Gasteiger partial charge is 0.465 e. The Bertz CT molecular complexity index is 391. The van der Waals surface area contributed by atoms with E-state index in [0.29, 0.717) is 5.56 Å². The van der Waals surface area contributed by atoms with Crippen LogP contribution in [0.4, 0.5) is 0 Å². The monoisotopic (exact) mass is 284 g/mol. The first-order valence-electron chi connectivity index (χ1n) is 5.18. The van der Waals surface area contributed by atoms with Crippen molar-refractivity contribution in [2.24, 2.45) is 0 Å². The number of alkyl halides is 1. The zero-order chi connectivity index (χ0) is 12.3. The van der Waals surface area contributed by atoms with Crippen LogP contribution in [0.1, 0.15) is 42.3 Å². The van der Waals surface area contributed by atoms with E-state index in [1.807, 2.05) is 12.1 Å². The van der Waals surface area contributed by atoms with Gasteiger partial charge in [0.25, 0.3) is 0 Å². The molecule has 88 valence electrons. The standard InChI is InChI=1S/C13H17BrO2/c1-13(2,3)11-7-9(12(15)16-4)5-6-10(11)8-14/h5-7H,8H2,1-4H3. The predicted octanol–water partition coefficient (Wildman–Crippen LogP) is 3.67. The molecule has 0 aliphatic carbocycles. The van der Waals surface area contributed by atoms with Gasteiger partial charge in [-0.25, -0.2) is 4.79 Å². The second-order valence-electron chi connectivity index (χ2n) is 4.75. The predicted molar refractivity (Wildman–Crippen MR) is 69.1 cm³/mol. The lowest BCUT2D eigenvalue weighted by atomic mass is 9.83. The lowest BCUT2D eigenvalue weighted by Gasteiger charge is -2.22. The van der Waals surface area contributed by atoms with Gasteiger partial charge in [-0.3, -0.25) is 0 Å². The summed E-state index contributed by atoms with van der Waals surface area (Å²) in [6, 6.07) is 5.70. The zero-order valence-electron chi connectivity index (χ0n) is 10.1. The summed E-state index contributed by atoms with van der Waals surface area (Å²) in [5.74, 6) is -0.286. The first-order chi connectivity index (χ1) is 7.40. The Balaban J connectivity index is 3.27. The van der Waals surface area contributed by atoms with Crippen LogP contribution in [0.5, 0.6) is 0 Å². The number of halogens is 1. The molecule has 2 nitrogen and oxygen atoms in total. The Kier molecular flexibility index (Phi) is 4.14. The number of benzene rings is 1. The normalized spacial score (nSPS) is 11.3. The fraction of sp³-hybridized carbons (Fsp3) is 0.462. The number of carbonyl (C=O) groups is 1. The average Bonchev–Trinajstić information content (AvgIpc) is 2.26. The third kappa shape index (κ3) is 2.85. The van der Waals surface area contributed by atoms with Crippen molar-refractivity contribution in [3.8, 4) is 0 Å². The van der Waals surface area contributed by atoms with Gasteiger partial charge < -0.3 is 4.74 Å². The quantitative estimate of drug-likeness (QED) is 0.612. The van der Waals surface area contributed by atoms with Crippen LogP contribution in [0, 0.1) is 0 Å². The number of rotatable bonds is 2. The maximum Gasteiger partial charge on any atom is 0.337 e. The zero-order valence-corrected chi connectivity index (χ0v) is 11.7. The fourth-order valence-electron chi connectivity index (χ4n) is 1.64. The Morgan fingerprint density at radius 2 is 2.00 bits per heavy atom. The van der Waals surface area contributed by atoms with Crippen molar-refractivity contribution >= 4 is 21.9 Å². The summed E-state index contributed by atoms with van der Waals surface area (Å²) >= 11 is 3.46. The molecular weight excluding hydrogens is 268 g/mol. The third-order valence-corrected chi connectivity index (χ3v) is 3.09. The lowest BCUT2D eigenvalue weighted by molar-refractivity contribution is 0.0600. The van der Waals surface area contributed by atoms with E-state index in [4.69, 9.17) is 4.74 Å². The maximum atomic E-state index is 11.5. The highest BCUT2D eigenvalue weighted by atomic mass is 79.9. The Labute approximate surface area is 105 Å². The van der Waals surface area contributed by atoms with Gasteiger partial charge in [0, 0.05) is 5.33 Å². The second kappa shape index (κ2) is 5.00. The van der Waals surface area contributed by atoms with Crippen molar-refractivity contribution in [2.45, 2.75) is 31.5 Å². The summed E-state index contributed by atoms with van der Waals surface area (Å²) in [6.45, 7) is 6.40. The number of methoxy groups -OCH3 is 1. The lowest BCUT2D eigenvalue weighted by Crippen LogP contribution is -2.15. The van der Waals surface area contributed by atoms with Crippen LogP contribution in [0.25, 0.3) is 0 Å². The number of esters is 1. The fourth-order valence-corrected chi connectivity index (χ4v) is 2.12. The van der Waals surface area contributed by atoms with Gasteiger partial charge in [-0.05, 0) is 28.7 Å². The summed E-state index contributed by atoms with van der Waals surface area (Å²) in [7, 11) is 1.40. The molecule has 0 radical (unpaired) electrons.